The summed E-state index contributed by atoms with van der Waals surface area (Å²) in [5, 5.41) is 11.9. The summed E-state index contributed by atoms with van der Waals surface area (Å²) in [5.74, 6) is -0.785. The second kappa shape index (κ2) is 6.28. The molecule has 0 heterocycles. The van der Waals surface area contributed by atoms with Gasteiger partial charge in [-0.3, -0.25) is 4.79 Å². The summed E-state index contributed by atoms with van der Waals surface area (Å²) in [6, 6.07) is 7.80. The average molecular weight is 221 g/mol. The SMILES string of the molecule is CCc1ccc(CNC(CC)C(=O)O)cc1. The van der Waals surface area contributed by atoms with Gasteiger partial charge in [-0.05, 0) is 24.0 Å². The van der Waals surface area contributed by atoms with E-state index >= 15 is 0 Å². The number of nitrogens with one attached hydrogen (secondary N) is 1. The van der Waals surface area contributed by atoms with Crippen LogP contribution in [0.15, 0.2) is 24.3 Å². The fourth-order valence-electron chi connectivity index (χ4n) is 1.54. The monoisotopic (exact) mass is 221 g/mol. The number of aryl methyl sites for hydroxylation is 1. The molecule has 0 radical (unpaired) electrons. The number of hydrogen-bond acceptors (Lipinski definition) is 2. The van der Waals surface area contributed by atoms with E-state index in [-0.39, 0.29) is 0 Å². The largest absolute Gasteiger partial charge is 0.480 e. The van der Waals surface area contributed by atoms with Crippen LogP contribution in [0, 0.1) is 0 Å². The minimum Gasteiger partial charge on any atom is -0.480 e. The van der Waals surface area contributed by atoms with E-state index in [1.54, 1.807) is 0 Å². The van der Waals surface area contributed by atoms with Crippen molar-refractivity contribution in [2.45, 2.75) is 39.3 Å². The number of carboxylic acid groups (broad SMARTS) is 1. The van der Waals surface area contributed by atoms with Crippen molar-refractivity contribution >= 4 is 5.97 Å². The fraction of sp³-hybridized carbons (Fsp3) is 0.462. The van der Waals surface area contributed by atoms with Gasteiger partial charge in [-0.2, -0.15) is 0 Å². The van der Waals surface area contributed by atoms with E-state index in [4.69, 9.17) is 5.11 Å². The van der Waals surface area contributed by atoms with E-state index in [1.165, 1.54) is 5.56 Å². The highest BCUT2D eigenvalue weighted by atomic mass is 16.4. The highest BCUT2D eigenvalue weighted by Crippen LogP contribution is 2.05. The predicted molar refractivity (Wildman–Crippen MR) is 64.4 cm³/mol. The zero-order valence-electron chi connectivity index (χ0n) is 9.86. The number of carboxylic acids is 1. The Balaban J connectivity index is 2.50. The smallest absolute Gasteiger partial charge is 0.320 e. The Morgan fingerprint density at radius 3 is 2.25 bits per heavy atom. The van der Waals surface area contributed by atoms with Gasteiger partial charge >= 0.3 is 5.97 Å². The lowest BCUT2D eigenvalue weighted by Crippen LogP contribution is -2.35. The minimum atomic E-state index is -0.785. The lowest BCUT2D eigenvalue weighted by molar-refractivity contribution is -0.139. The van der Waals surface area contributed by atoms with Crippen LogP contribution in [0.1, 0.15) is 31.4 Å². The second-order valence-corrected chi connectivity index (χ2v) is 3.85. The van der Waals surface area contributed by atoms with Gasteiger partial charge in [-0.1, -0.05) is 38.1 Å². The maximum atomic E-state index is 10.8. The summed E-state index contributed by atoms with van der Waals surface area (Å²) in [6.45, 7) is 4.59. The Labute approximate surface area is 96.5 Å². The summed E-state index contributed by atoms with van der Waals surface area (Å²) >= 11 is 0. The quantitative estimate of drug-likeness (QED) is 0.774. The molecule has 0 aromatic heterocycles. The van der Waals surface area contributed by atoms with E-state index < -0.39 is 12.0 Å². The van der Waals surface area contributed by atoms with Crippen LogP contribution in [0.5, 0.6) is 0 Å². The first-order valence-corrected chi connectivity index (χ1v) is 5.71. The molecule has 3 nitrogen and oxygen atoms in total. The lowest BCUT2D eigenvalue weighted by Gasteiger charge is -2.12. The molecule has 0 aliphatic rings. The Bertz CT molecular complexity index is 332. The summed E-state index contributed by atoms with van der Waals surface area (Å²) in [5.41, 5.74) is 2.42. The third-order valence-corrected chi connectivity index (χ3v) is 2.69. The first-order valence-electron chi connectivity index (χ1n) is 5.71. The third kappa shape index (κ3) is 3.66. The van der Waals surface area contributed by atoms with Gasteiger partial charge in [0.1, 0.15) is 6.04 Å². The maximum Gasteiger partial charge on any atom is 0.320 e. The molecule has 0 spiro atoms. The molecule has 0 aliphatic heterocycles. The summed E-state index contributed by atoms with van der Waals surface area (Å²) in [7, 11) is 0. The number of benzene rings is 1. The van der Waals surface area contributed by atoms with Crippen LogP contribution in [0.25, 0.3) is 0 Å². The molecule has 1 aromatic rings. The van der Waals surface area contributed by atoms with Gasteiger partial charge in [-0.15, -0.1) is 0 Å². The molecule has 1 unspecified atom stereocenters. The molecule has 0 amide bonds. The first-order chi connectivity index (χ1) is 7.67. The molecule has 2 N–H and O–H groups in total. The van der Waals surface area contributed by atoms with Crippen molar-refractivity contribution in [1.29, 1.82) is 0 Å². The van der Waals surface area contributed by atoms with Gasteiger partial charge in [0.2, 0.25) is 0 Å². The predicted octanol–water partition coefficient (Wildman–Crippen LogP) is 2.20. The van der Waals surface area contributed by atoms with Crippen LogP contribution in [0.4, 0.5) is 0 Å². The van der Waals surface area contributed by atoms with E-state index in [2.05, 4.69) is 24.4 Å². The Morgan fingerprint density at radius 2 is 1.81 bits per heavy atom. The van der Waals surface area contributed by atoms with Crippen LogP contribution in [-0.2, 0) is 17.8 Å². The van der Waals surface area contributed by atoms with Gasteiger partial charge in [0.25, 0.3) is 0 Å². The van der Waals surface area contributed by atoms with Crippen molar-refractivity contribution in [2.75, 3.05) is 0 Å². The van der Waals surface area contributed by atoms with Crippen LogP contribution in [0.2, 0.25) is 0 Å². The van der Waals surface area contributed by atoms with Gasteiger partial charge in [0.15, 0.2) is 0 Å². The Morgan fingerprint density at radius 1 is 1.25 bits per heavy atom. The summed E-state index contributed by atoms with van der Waals surface area (Å²) < 4.78 is 0. The molecule has 0 saturated heterocycles. The highest BCUT2D eigenvalue weighted by molar-refractivity contribution is 5.73. The topological polar surface area (TPSA) is 49.3 Å². The average Bonchev–Trinajstić information content (AvgIpc) is 2.30. The van der Waals surface area contributed by atoms with Crippen molar-refractivity contribution in [3.05, 3.63) is 35.4 Å². The number of aliphatic carboxylic acids is 1. The lowest BCUT2D eigenvalue weighted by atomic mass is 10.1. The summed E-state index contributed by atoms with van der Waals surface area (Å²) in [6.07, 6.45) is 1.63. The van der Waals surface area contributed by atoms with Crippen molar-refractivity contribution < 1.29 is 9.90 Å². The molecule has 16 heavy (non-hydrogen) atoms. The number of carbonyl (C=O) groups is 1. The molecule has 1 rings (SSSR count). The normalized spacial score (nSPS) is 12.4. The van der Waals surface area contributed by atoms with Crippen molar-refractivity contribution in [3.63, 3.8) is 0 Å². The minimum absolute atomic E-state index is 0.453. The van der Waals surface area contributed by atoms with E-state index in [0.717, 1.165) is 12.0 Å². The van der Waals surface area contributed by atoms with Crippen molar-refractivity contribution in [3.8, 4) is 0 Å². The zero-order valence-corrected chi connectivity index (χ0v) is 9.86. The van der Waals surface area contributed by atoms with E-state index in [9.17, 15) is 4.79 Å². The van der Waals surface area contributed by atoms with E-state index in [0.29, 0.717) is 13.0 Å². The molecule has 0 fully saturated rings. The van der Waals surface area contributed by atoms with Crippen LogP contribution < -0.4 is 5.32 Å². The molecule has 0 saturated carbocycles. The zero-order chi connectivity index (χ0) is 12.0. The van der Waals surface area contributed by atoms with Gasteiger partial charge in [0.05, 0.1) is 0 Å². The summed E-state index contributed by atoms with van der Waals surface area (Å²) in [4.78, 5) is 10.8. The van der Waals surface area contributed by atoms with E-state index in [1.807, 2.05) is 19.1 Å². The van der Waals surface area contributed by atoms with Gasteiger partial charge in [0, 0.05) is 6.54 Å². The van der Waals surface area contributed by atoms with Crippen molar-refractivity contribution in [2.24, 2.45) is 0 Å². The Kier molecular flexibility index (Phi) is 4.99. The standard InChI is InChI=1S/C13H19NO2/c1-3-10-5-7-11(8-6-10)9-14-12(4-2)13(15)16/h5-8,12,14H,3-4,9H2,1-2H3,(H,15,16). The number of hydrogen-bond donors (Lipinski definition) is 2. The Hall–Kier alpha value is -1.35. The molecular weight excluding hydrogens is 202 g/mol. The molecule has 3 heteroatoms. The molecule has 1 atom stereocenters. The maximum absolute atomic E-state index is 10.8. The fourth-order valence-corrected chi connectivity index (χ4v) is 1.54. The first kappa shape index (κ1) is 12.7. The highest BCUT2D eigenvalue weighted by Gasteiger charge is 2.13. The number of rotatable bonds is 6. The van der Waals surface area contributed by atoms with Crippen molar-refractivity contribution in [1.82, 2.24) is 5.32 Å². The molecule has 1 aromatic carbocycles. The second-order valence-electron chi connectivity index (χ2n) is 3.85. The van der Waals surface area contributed by atoms with Crippen LogP contribution in [0.3, 0.4) is 0 Å². The van der Waals surface area contributed by atoms with Gasteiger partial charge in [-0.25, -0.2) is 0 Å². The third-order valence-electron chi connectivity index (χ3n) is 2.69. The van der Waals surface area contributed by atoms with Gasteiger partial charge < -0.3 is 10.4 Å². The molecule has 88 valence electrons. The molecule has 0 aliphatic carbocycles. The molecular formula is C13H19NO2. The van der Waals surface area contributed by atoms with Crippen LogP contribution >= 0.6 is 0 Å². The van der Waals surface area contributed by atoms with Crippen LogP contribution in [-0.4, -0.2) is 17.1 Å². The molecule has 0 bridgehead atoms.